The van der Waals surface area contributed by atoms with Crippen molar-refractivity contribution in [2.24, 2.45) is 0 Å². The molecule has 0 aliphatic heterocycles. The van der Waals surface area contributed by atoms with Crippen LogP contribution < -0.4 is 4.74 Å². The second kappa shape index (κ2) is 9.06. The standard InChI is InChI=1S/C22H26N2O3S/c1-5-17(4)24(22(25)20-7-6-8-26-20)12-18-14-28-21(23-18)13-27-19-10-15(2)9-16(3)11-19/h6-11,14,17H,5,12-13H2,1-4H3. The predicted molar refractivity (Wildman–Crippen MR) is 111 cm³/mol. The zero-order valence-corrected chi connectivity index (χ0v) is 17.6. The van der Waals surface area contributed by atoms with E-state index in [-0.39, 0.29) is 11.9 Å². The maximum absolute atomic E-state index is 12.8. The molecule has 0 saturated heterocycles. The van der Waals surface area contributed by atoms with E-state index in [1.165, 1.54) is 17.4 Å². The molecule has 2 heterocycles. The Balaban J connectivity index is 1.66. The fourth-order valence-corrected chi connectivity index (χ4v) is 3.71. The van der Waals surface area contributed by atoms with E-state index in [4.69, 9.17) is 9.15 Å². The van der Waals surface area contributed by atoms with Crippen LogP contribution in [0.5, 0.6) is 5.75 Å². The van der Waals surface area contributed by atoms with E-state index in [0.717, 1.165) is 22.9 Å². The highest BCUT2D eigenvalue weighted by Gasteiger charge is 2.23. The Hall–Kier alpha value is -2.60. The molecule has 2 aromatic heterocycles. The Bertz CT molecular complexity index is 898. The molecular weight excluding hydrogens is 372 g/mol. The number of hydrogen-bond donors (Lipinski definition) is 0. The van der Waals surface area contributed by atoms with Crippen LogP contribution in [0, 0.1) is 13.8 Å². The van der Waals surface area contributed by atoms with E-state index in [9.17, 15) is 4.79 Å². The fraction of sp³-hybridized carbons (Fsp3) is 0.364. The molecule has 1 atom stereocenters. The molecule has 0 fully saturated rings. The van der Waals surface area contributed by atoms with Crippen molar-refractivity contribution in [1.82, 2.24) is 9.88 Å². The summed E-state index contributed by atoms with van der Waals surface area (Å²) < 4.78 is 11.2. The molecule has 6 heteroatoms. The van der Waals surface area contributed by atoms with Gasteiger partial charge in [-0.2, -0.15) is 0 Å². The van der Waals surface area contributed by atoms with Crippen molar-refractivity contribution in [3.05, 3.63) is 69.6 Å². The predicted octanol–water partition coefficient (Wildman–Crippen LogP) is 5.37. The minimum absolute atomic E-state index is 0.0919. The first kappa shape index (κ1) is 20.1. The number of hydrogen-bond acceptors (Lipinski definition) is 5. The lowest BCUT2D eigenvalue weighted by Crippen LogP contribution is -2.37. The third-order valence-electron chi connectivity index (χ3n) is 4.60. The summed E-state index contributed by atoms with van der Waals surface area (Å²) in [7, 11) is 0. The van der Waals surface area contributed by atoms with Gasteiger partial charge in [0.15, 0.2) is 5.76 Å². The first-order valence-electron chi connectivity index (χ1n) is 9.45. The van der Waals surface area contributed by atoms with Gasteiger partial charge in [-0.3, -0.25) is 4.79 Å². The lowest BCUT2D eigenvalue weighted by atomic mass is 10.1. The summed E-state index contributed by atoms with van der Waals surface area (Å²) in [4.78, 5) is 19.2. The number of furan rings is 1. The van der Waals surface area contributed by atoms with Gasteiger partial charge >= 0.3 is 0 Å². The van der Waals surface area contributed by atoms with Crippen molar-refractivity contribution in [3.63, 3.8) is 0 Å². The Morgan fingerprint density at radius 1 is 1.29 bits per heavy atom. The van der Waals surface area contributed by atoms with Crippen LogP contribution in [0.15, 0.2) is 46.4 Å². The van der Waals surface area contributed by atoms with Gasteiger partial charge in [0, 0.05) is 11.4 Å². The van der Waals surface area contributed by atoms with E-state index >= 15 is 0 Å². The maximum Gasteiger partial charge on any atom is 0.290 e. The second-order valence-electron chi connectivity index (χ2n) is 7.01. The van der Waals surface area contributed by atoms with Crippen molar-refractivity contribution in [3.8, 4) is 5.75 Å². The smallest absolute Gasteiger partial charge is 0.290 e. The Morgan fingerprint density at radius 3 is 2.68 bits per heavy atom. The van der Waals surface area contributed by atoms with Crippen LogP contribution in [0.25, 0.3) is 0 Å². The van der Waals surface area contributed by atoms with Crippen molar-refractivity contribution in [1.29, 1.82) is 0 Å². The van der Waals surface area contributed by atoms with Crippen LogP contribution in [-0.2, 0) is 13.2 Å². The van der Waals surface area contributed by atoms with Gasteiger partial charge < -0.3 is 14.1 Å². The van der Waals surface area contributed by atoms with Crippen LogP contribution in [-0.4, -0.2) is 21.8 Å². The molecule has 5 nitrogen and oxygen atoms in total. The molecule has 1 amide bonds. The van der Waals surface area contributed by atoms with Crippen molar-refractivity contribution < 1.29 is 13.9 Å². The average Bonchev–Trinajstić information content (AvgIpc) is 3.34. The summed E-state index contributed by atoms with van der Waals surface area (Å²) in [6, 6.07) is 9.68. The lowest BCUT2D eigenvalue weighted by molar-refractivity contribution is 0.0636. The summed E-state index contributed by atoms with van der Waals surface area (Å²) in [5, 5.41) is 2.88. The van der Waals surface area contributed by atoms with Gasteiger partial charge in [-0.25, -0.2) is 4.98 Å². The van der Waals surface area contributed by atoms with Gasteiger partial charge in [-0.05, 0) is 62.6 Å². The molecule has 1 aromatic carbocycles. The second-order valence-corrected chi connectivity index (χ2v) is 7.95. The number of amides is 1. The molecule has 1 unspecified atom stereocenters. The number of carbonyl (C=O) groups excluding carboxylic acids is 1. The number of carbonyl (C=O) groups is 1. The summed E-state index contributed by atoms with van der Waals surface area (Å²) in [6.07, 6.45) is 2.38. The summed E-state index contributed by atoms with van der Waals surface area (Å²) in [5.41, 5.74) is 3.22. The molecular formula is C22H26N2O3S. The number of benzene rings is 1. The van der Waals surface area contributed by atoms with Crippen LogP contribution in [0.4, 0.5) is 0 Å². The third kappa shape index (κ3) is 5.01. The molecule has 0 spiro atoms. The zero-order chi connectivity index (χ0) is 20.1. The minimum Gasteiger partial charge on any atom is -0.486 e. The highest BCUT2D eigenvalue weighted by molar-refractivity contribution is 7.09. The summed E-state index contributed by atoms with van der Waals surface area (Å²) in [5.74, 6) is 1.10. The van der Waals surface area contributed by atoms with Gasteiger partial charge in [-0.15, -0.1) is 11.3 Å². The first-order chi connectivity index (χ1) is 13.5. The molecule has 0 aliphatic carbocycles. The van der Waals surface area contributed by atoms with E-state index in [0.29, 0.717) is 18.9 Å². The molecule has 3 rings (SSSR count). The molecule has 3 aromatic rings. The number of aryl methyl sites for hydroxylation is 2. The van der Waals surface area contributed by atoms with E-state index in [2.05, 4.69) is 31.8 Å². The SMILES string of the molecule is CCC(C)N(Cc1csc(COc2cc(C)cc(C)c2)n1)C(=O)c1ccco1. The van der Waals surface area contributed by atoms with Crippen LogP contribution >= 0.6 is 11.3 Å². The van der Waals surface area contributed by atoms with Crippen molar-refractivity contribution in [2.75, 3.05) is 0 Å². The molecule has 0 aliphatic rings. The molecule has 0 N–H and O–H groups in total. The third-order valence-corrected chi connectivity index (χ3v) is 5.48. The van der Waals surface area contributed by atoms with Crippen molar-refractivity contribution in [2.45, 2.75) is 53.3 Å². The monoisotopic (exact) mass is 398 g/mol. The summed E-state index contributed by atoms with van der Waals surface area (Å²) in [6.45, 7) is 9.09. The van der Waals surface area contributed by atoms with Gasteiger partial charge in [0.2, 0.25) is 0 Å². The average molecular weight is 399 g/mol. The number of aromatic nitrogens is 1. The van der Waals surface area contributed by atoms with E-state index in [1.54, 1.807) is 23.5 Å². The fourth-order valence-electron chi connectivity index (χ4n) is 3.01. The summed E-state index contributed by atoms with van der Waals surface area (Å²) >= 11 is 1.55. The zero-order valence-electron chi connectivity index (χ0n) is 16.8. The van der Waals surface area contributed by atoms with Gasteiger partial charge in [0.1, 0.15) is 17.4 Å². The molecule has 28 heavy (non-hydrogen) atoms. The topological polar surface area (TPSA) is 55.6 Å². The Kier molecular flexibility index (Phi) is 6.52. The highest BCUT2D eigenvalue weighted by atomic mass is 32.1. The van der Waals surface area contributed by atoms with E-state index in [1.807, 2.05) is 29.3 Å². The Labute approximate surface area is 170 Å². The number of rotatable bonds is 8. The maximum atomic E-state index is 12.8. The van der Waals surface area contributed by atoms with Crippen molar-refractivity contribution >= 4 is 17.2 Å². The molecule has 148 valence electrons. The van der Waals surface area contributed by atoms with E-state index < -0.39 is 0 Å². The number of nitrogens with zero attached hydrogens (tertiary/aromatic N) is 2. The van der Waals surface area contributed by atoms with Crippen LogP contribution in [0.1, 0.15) is 52.7 Å². The molecule has 0 saturated carbocycles. The minimum atomic E-state index is -0.111. The van der Waals surface area contributed by atoms with Crippen LogP contribution in [0.3, 0.4) is 0 Å². The van der Waals surface area contributed by atoms with Crippen LogP contribution in [0.2, 0.25) is 0 Å². The Morgan fingerprint density at radius 2 is 2.04 bits per heavy atom. The van der Waals surface area contributed by atoms with Gasteiger partial charge in [-0.1, -0.05) is 13.0 Å². The quantitative estimate of drug-likeness (QED) is 0.512. The first-order valence-corrected chi connectivity index (χ1v) is 10.3. The molecule has 0 bridgehead atoms. The lowest BCUT2D eigenvalue weighted by Gasteiger charge is -2.27. The normalized spacial score (nSPS) is 12.0. The number of thiazole rings is 1. The van der Waals surface area contributed by atoms with Gasteiger partial charge in [0.25, 0.3) is 5.91 Å². The highest BCUT2D eigenvalue weighted by Crippen LogP contribution is 2.21. The largest absolute Gasteiger partial charge is 0.486 e. The number of ether oxygens (including phenoxy) is 1. The van der Waals surface area contributed by atoms with Gasteiger partial charge in [0.05, 0.1) is 18.5 Å². The molecule has 0 radical (unpaired) electrons.